The van der Waals surface area contributed by atoms with Gasteiger partial charge in [-0.1, -0.05) is 35.3 Å². The molecule has 2 rings (SSSR count). The van der Waals surface area contributed by atoms with Gasteiger partial charge in [-0.15, -0.1) is 0 Å². The number of carbonyl (C=O) groups excluding carboxylic acids is 2. The number of carbonyl (C=O) groups is 2. The molecule has 2 aromatic rings. The normalized spacial score (nSPS) is 11.5. The summed E-state index contributed by atoms with van der Waals surface area (Å²) in [6.45, 7) is 3.03. The lowest BCUT2D eigenvalue weighted by molar-refractivity contribution is -0.155. The highest BCUT2D eigenvalue weighted by Gasteiger charge is 2.18. The van der Waals surface area contributed by atoms with Crippen molar-refractivity contribution in [3.63, 3.8) is 0 Å². The zero-order valence-electron chi connectivity index (χ0n) is 13.7. The van der Waals surface area contributed by atoms with Crippen LogP contribution in [0, 0.1) is 6.92 Å². The Morgan fingerprint density at radius 1 is 1.16 bits per heavy atom. The number of ether oxygens (including phenoxy) is 2. The van der Waals surface area contributed by atoms with Gasteiger partial charge >= 0.3 is 5.97 Å². The molecule has 0 spiro atoms. The van der Waals surface area contributed by atoms with Gasteiger partial charge in [-0.2, -0.15) is 0 Å². The van der Waals surface area contributed by atoms with Crippen molar-refractivity contribution in [2.75, 3.05) is 11.9 Å². The molecule has 132 valence electrons. The lowest BCUT2D eigenvalue weighted by Crippen LogP contribution is -2.31. The number of hydrogen-bond acceptors (Lipinski definition) is 4. The first kappa shape index (κ1) is 19.1. The maximum atomic E-state index is 12.1. The van der Waals surface area contributed by atoms with E-state index in [0.29, 0.717) is 16.5 Å². The van der Waals surface area contributed by atoms with Crippen molar-refractivity contribution < 1.29 is 19.1 Å². The molecular weight excluding hydrogens is 365 g/mol. The van der Waals surface area contributed by atoms with Gasteiger partial charge in [0.2, 0.25) is 0 Å². The average molecular weight is 382 g/mol. The molecular formula is C18H17Cl2NO4. The van der Waals surface area contributed by atoms with E-state index in [9.17, 15) is 9.59 Å². The topological polar surface area (TPSA) is 64.6 Å². The molecule has 0 saturated heterocycles. The van der Waals surface area contributed by atoms with Crippen molar-refractivity contribution in [3.05, 3.63) is 58.1 Å². The van der Waals surface area contributed by atoms with Crippen LogP contribution in [0.1, 0.15) is 12.5 Å². The molecule has 0 aliphatic rings. The Kier molecular flexibility index (Phi) is 6.67. The quantitative estimate of drug-likeness (QED) is 0.759. The van der Waals surface area contributed by atoms with Crippen molar-refractivity contribution in [2.24, 2.45) is 0 Å². The number of benzene rings is 2. The minimum absolute atomic E-state index is 0.283. The predicted molar refractivity (Wildman–Crippen MR) is 97.3 cm³/mol. The van der Waals surface area contributed by atoms with E-state index in [1.165, 1.54) is 13.0 Å². The van der Waals surface area contributed by atoms with Gasteiger partial charge in [-0.3, -0.25) is 4.79 Å². The van der Waals surface area contributed by atoms with Gasteiger partial charge in [0.05, 0.1) is 5.02 Å². The highest BCUT2D eigenvalue weighted by molar-refractivity contribution is 6.35. The zero-order valence-corrected chi connectivity index (χ0v) is 15.2. The first-order valence-electron chi connectivity index (χ1n) is 7.50. The summed E-state index contributed by atoms with van der Waals surface area (Å²) in [5, 5.41) is 3.43. The van der Waals surface area contributed by atoms with Gasteiger partial charge in [0.1, 0.15) is 5.75 Å². The maximum Gasteiger partial charge on any atom is 0.344 e. The zero-order chi connectivity index (χ0) is 18.4. The fourth-order valence-electron chi connectivity index (χ4n) is 1.98. The standard InChI is InChI=1S/C18H17Cl2NO4/c1-11-4-3-5-14(8-11)21-18(23)12(2)25-17(22)10-24-16-7-6-13(19)9-15(16)20/h3-9,12H,10H2,1-2H3,(H,21,23)/t12-/m0/s1. The number of nitrogens with one attached hydrogen (secondary N) is 1. The molecule has 0 bridgehead atoms. The number of hydrogen-bond donors (Lipinski definition) is 1. The summed E-state index contributed by atoms with van der Waals surface area (Å²) >= 11 is 11.7. The molecule has 7 heteroatoms. The molecule has 0 aromatic heterocycles. The van der Waals surface area contributed by atoms with Crippen molar-refractivity contribution in [3.8, 4) is 5.75 Å². The van der Waals surface area contributed by atoms with Gasteiger partial charge in [0.15, 0.2) is 12.7 Å². The van der Waals surface area contributed by atoms with E-state index >= 15 is 0 Å². The molecule has 0 unspecified atom stereocenters. The van der Waals surface area contributed by atoms with E-state index < -0.39 is 18.0 Å². The predicted octanol–water partition coefficient (Wildman–Crippen LogP) is 4.25. The van der Waals surface area contributed by atoms with Crippen LogP contribution in [0.2, 0.25) is 10.0 Å². The number of amides is 1. The molecule has 2 aromatic carbocycles. The molecule has 1 amide bonds. The van der Waals surface area contributed by atoms with E-state index in [2.05, 4.69) is 5.32 Å². The molecule has 0 aliphatic heterocycles. The van der Waals surface area contributed by atoms with Crippen LogP contribution in [-0.4, -0.2) is 24.6 Å². The van der Waals surface area contributed by atoms with Gasteiger partial charge in [0.25, 0.3) is 5.91 Å². The second-order valence-electron chi connectivity index (χ2n) is 5.35. The number of esters is 1. The largest absolute Gasteiger partial charge is 0.480 e. The molecule has 0 heterocycles. The molecule has 0 saturated carbocycles. The summed E-state index contributed by atoms with van der Waals surface area (Å²) in [5.74, 6) is -0.804. The Labute approximate surface area is 155 Å². The Hall–Kier alpha value is -2.24. The third-order valence-corrected chi connectivity index (χ3v) is 3.73. The van der Waals surface area contributed by atoms with E-state index in [0.717, 1.165) is 5.56 Å². The summed E-state index contributed by atoms with van der Waals surface area (Å²) in [4.78, 5) is 23.9. The smallest absolute Gasteiger partial charge is 0.344 e. The summed E-state index contributed by atoms with van der Waals surface area (Å²) in [5.41, 5.74) is 1.65. The molecule has 0 aliphatic carbocycles. The number of rotatable bonds is 6. The highest BCUT2D eigenvalue weighted by atomic mass is 35.5. The van der Waals surface area contributed by atoms with E-state index in [1.54, 1.807) is 18.2 Å². The van der Waals surface area contributed by atoms with Gasteiger partial charge in [-0.05, 0) is 49.7 Å². The van der Waals surface area contributed by atoms with Crippen LogP contribution in [-0.2, 0) is 14.3 Å². The first-order chi connectivity index (χ1) is 11.8. The maximum absolute atomic E-state index is 12.1. The van der Waals surface area contributed by atoms with Crippen molar-refractivity contribution >= 4 is 40.8 Å². The SMILES string of the molecule is Cc1cccc(NC(=O)[C@H](C)OC(=O)COc2ccc(Cl)cc2Cl)c1. The molecule has 25 heavy (non-hydrogen) atoms. The molecule has 5 nitrogen and oxygen atoms in total. The molecule has 1 atom stereocenters. The highest BCUT2D eigenvalue weighted by Crippen LogP contribution is 2.27. The van der Waals surface area contributed by atoms with E-state index in [4.69, 9.17) is 32.7 Å². The fourth-order valence-corrected chi connectivity index (χ4v) is 2.44. The lowest BCUT2D eigenvalue weighted by Gasteiger charge is -2.14. The van der Waals surface area contributed by atoms with Crippen molar-refractivity contribution in [1.82, 2.24) is 0 Å². The Bertz CT molecular complexity index is 779. The van der Waals surface area contributed by atoms with Crippen LogP contribution in [0.15, 0.2) is 42.5 Å². The summed E-state index contributed by atoms with van der Waals surface area (Å²) in [6.07, 6.45) is -0.961. The second-order valence-corrected chi connectivity index (χ2v) is 6.20. The Morgan fingerprint density at radius 3 is 2.60 bits per heavy atom. The van der Waals surface area contributed by atoms with Crippen LogP contribution >= 0.6 is 23.2 Å². The minimum Gasteiger partial charge on any atom is -0.480 e. The number of anilines is 1. The third-order valence-electron chi connectivity index (χ3n) is 3.20. The number of halogens is 2. The van der Waals surface area contributed by atoms with Crippen LogP contribution < -0.4 is 10.1 Å². The molecule has 1 N–H and O–H groups in total. The third kappa shape index (κ3) is 5.96. The fraction of sp³-hybridized carbons (Fsp3) is 0.222. The van der Waals surface area contributed by atoms with Crippen molar-refractivity contribution in [2.45, 2.75) is 20.0 Å². The van der Waals surface area contributed by atoms with Crippen molar-refractivity contribution in [1.29, 1.82) is 0 Å². The Morgan fingerprint density at radius 2 is 1.92 bits per heavy atom. The molecule has 0 fully saturated rings. The molecule has 0 radical (unpaired) electrons. The lowest BCUT2D eigenvalue weighted by atomic mass is 10.2. The average Bonchev–Trinajstić information content (AvgIpc) is 2.54. The minimum atomic E-state index is -0.961. The van der Waals surface area contributed by atoms with E-state index in [-0.39, 0.29) is 11.6 Å². The van der Waals surface area contributed by atoms with Gasteiger partial charge in [-0.25, -0.2) is 4.79 Å². The summed E-state index contributed by atoms with van der Waals surface area (Å²) < 4.78 is 10.3. The monoisotopic (exact) mass is 381 g/mol. The van der Waals surface area contributed by atoms with Crippen LogP contribution in [0.5, 0.6) is 5.75 Å². The van der Waals surface area contributed by atoms with Gasteiger partial charge in [0, 0.05) is 10.7 Å². The first-order valence-corrected chi connectivity index (χ1v) is 8.25. The van der Waals surface area contributed by atoms with E-state index in [1.807, 2.05) is 25.1 Å². The van der Waals surface area contributed by atoms with Crippen LogP contribution in [0.25, 0.3) is 0 Å². The Balaban J connectivity index is 1.83. The van der Waals surface area contributed by atoms with Crippen LogP contribution in [0.4, 0.5) is 5.69 Å². The second kappa shape index (κ2) is 8.74. The number of aryl methyl sites for hydroxylation is 1. The van der Waals surface area contributed by atoms with Crippen LogP contribution in [0.3, 0.4) is 0 Å². The van der Waals surface area contributed by atoms with Gasteiger partial charge < -0.3 is 14.8 Å². The summed E-state index contributed by atoms with van der Waals surface area (Å²) in [6, 6.07) is 12.0. The summed E-state index contributed by atoms with van der Waals surface area (Å²) in [7, 11) is 0.